The quantitative estimate of drug-likeness (QED) is 0.173. The summed E-state index contributed by atoms with van der Waals surface area (Å²) in [5.41, 5.74) is 1.36. The van der Waals surface area contributed by atoms with E-state index < -0.39 is 0 Å². The Balaban J connectivity index is 1.41. The lowest BCUT2D eigenvalue weighted by Gasteiger charge is -2.10. The maximum atomic E-state index is 5.86. The van der Waals surface area contributed by atoms with Crippen LogP contribution in [0.15, 0.2) is 36.4 Å². The molecule has 0 radical (unpaired) electrons. The van der Waals surface area contributed by atoms with Crippen LogP contribution >= 0.6 is 0 Å². The highest BCUT2D eigenvalue weighted by molar-refractivity contribution is 5.28. The standard InChI is InChI=1S/C25H40O2/c1-3-4-5-6-7-8-9-10-11-12-13-14-15-17-23-18-16-19-24(20-23)26-21-25(2)22-27-25/h3-4,16,18-20H,5-15,17,21-22H2,1-2H3/b4-3+. The molecule has 0 bridgehead atoms. The first-order valence-electron chi connectivity index (χ1n) is 11.2. The maximum Gasteiger partial charge on any atom is 0.123 e. The molecule has 1 fully saturated rings. The van der Waals surface area contributed by atoms with Crippen LogP contribution in [0.4, 0.5) is 0 Å². The summed E-state index contributed by atoms with van der Waals surface area (Å²) in [6.07, 6.45) is 20.7. The van der Waals surface area contributed by atoms with Crippen LogP contribution in [-0.4, -0.2) is 18.8 Å². The number of allylic oxidation sites excluding steroid dienone is 2. The van der Waals surface area contributed by atoms with Gasteiger partial charge in [-0.25, -0.2) is 0 Å². The van der Waals surface area contributed by atoms with E-state index in [1.54, 1.807) is 0 Å². The Morgan fingerprint density at radius 3 is 2.22 bits per heavy atom. The second kappa shape index (κ2) is 13.0. The van der Waals surface area contributed by atoms with E-state index in [0.717, 1.165) is 18.8 Å². The van der Waals surface area contributed by atoms with Crippen LogP contribution in [0, 0.1) is 0 Å². The third kappa shape index (κ3) is 10.6. The molecule has 0 spiro atoms. The molecule has 1 heterocycles. The molecule has 1 unspecified atom stereocenters. The highest BCUT2D eigenvalue weighted by atomic mass is 16.6. The van der Waals surface area contributed by atoms with Crippen LogP contribution < -0.4 is 4.74 Å². The molecule has 2 rings (SSSR count). The number of unbranched alkanes of at least 4 members (excludes halogenated alkanes) is 10. The second-order valence-corrected chi connectivity index (χ2v) is 8.32. The molecular weight excluding hydrogens is 332 g/mol. The van der Waals surface area contributed by atoms with Crippen molar-refractivity contribution in [2.75, 3.05) is 13.2 Å². The fourth-order valence-corrected chi connectivity index (χ4v) is 3.41. The minimum Gasteiger partial charge on any atom is -0.490 e. The Hall–Kier alpha value is -1.28. The molecule has 0 aromatic heterocycles. The molecule has 0 saturated carbocycles. The number of hydrogen-bond acceptors (Lipinski definition) is 2. The van der Waals surface area contributed by atoms with Gasteiger partial charge in [-0.15, -0.1) is 0 Å². The zero-order chi connectivity index (χ0) is 19.2. The van der Waals surface area contributed by atoms with E-state index in [4.69, 9.17) is 9.47 Å². The summed E-state index contributed by atoms with van der Waals surface area (Å²) in [6, 6.07) is 8.58. The lowest BCUT2D eigenvalue weighted by molar-refractivity contribution is 0.202. The number of epoxide rings is 1. The molecule has 2 nitrogen and oxygen atoms in total. The van der Waals surface area contributed by atoms with E-state index in [-0.39, 0.29) is 5.60 Å². The van der Waals surface area contributed by atoms with Gasteiger partial charge in [0.1, 0.15) is 18.0 Å². The lowest BCUT2D eigenvalue weighted by Crippen LogP contribution is -2.16. The van der Waals surface area contributed by atoms with Gasteiger partial charge in [-0.05, 0) is 57.2 Å². The van der Waals surface area contributed by atoms with Gasteiger partial charge in [-0.2, -0.15) is 0 Å². The predicted octanol–water partition coefficient (Wildman–Crippen LogP) is 7.26. The Morgan fingerprint density at radius 1 is 0.963 bits per heavy atom. The summed E-state index contributed by atoms with van der Waals surface area (Å²) in [4.78, 5) is 0. The number of ether oxygens (including phenoxy) is 2. The number of hydrogen-bond donors (Lipinski definition) is 0. The summed E-state index contributed by atoms with van der Waals surface area (Å²) < 4.78 is 11.2. The molecule has 1 aliphatic heterocycles. The molecule has 0 N–H and O–H groups in total. The van der Waals surface area contributed by atoms with E-state index in [1.807, 2.05) is 0 Å². The van der Waals surface area contributed by atoms with Gasteiger partial charge in [0.15, 0.2) is 0 Å². The normalized spacial score (nSPS) is 18.9. The topological polar surface area (TPSA) is 21.8 Å². The van der Waals surface area contributed by atoms with E-state index in [0.29, 0.717) is 6.61 Å². The van der Waals surface area contributed by atoms with Gasteiger partial charge >= 0.3 is 0 Å². The van der Waals surface area contributed by atoms with Gasteiger partial charge in [-0.3, -0.25) is 0 Å². The van der Waals surface area contributed by atoms with E-state index in [1.165, 1.54) is 76.2 Å². The fourth-order valence-electron chi connectivity index (χ4n) is 3.41. The van der Waals surface area contributed by atoms with Crippen LogP contribution in [0.1, 0.15) is 90.0 Å². The number of benzene rings is 1. The molecule has 1 aromatic carbocycles. The lowest BCUT2D eigenvalue weighted by atomic mass is 10.0. The monoisotopic (exact) mass is 372 g/mol. The van der Waals surface area contributed by atoms with Crippen molar-refractivity contribution in [2.24, 2.45) is 0 Å². The van der Waals surface area contributed by atoms with E-state index in [2.05, 4.69) is 50.3 Å². The highest BCUT2D eigenvalue weighted by Crippen LogP contribution is 2.27. The van der Waals surface area contributed by atoms with Gasteiger partial charge in [0.25, 0.3) is 0 Å². The van der Waals surface area contributed by atoms with Crippen molar-refractivity contribution in [3.05, 3.63) is 42.0 Å². The van der Waals surface area contributed by atoms with Crippen LogP contribution in [0.2, 0.25) is 0 Å². The molecule has 0 amide bonds. The van der Waals surface area contributed by atoms with E-state index >= 15 is 0 Å². The van der Waals surface area contributed by atoms with Gasteiger partial charge in [-0.1, -0.05) is 75.7 Å². The molecule has 1 aliphatic rings. The summed E-state index contributed by atoms with van der Waals surface area (Å²) in [7, 11) is 0. The first kappa shape index (κ1) is 22.0. The maximum absolute atomic E-state index is 5.86. The Bertz CT molecular complexity index is 531. The zero-order valence-corrected chi connectivity index (χ0v) is 17.7. The predicted molar refractivity (Wildman–Crippen MR) is 116 cm³/mol. The van der Waals surface area contributed by atoms with Gasteiger partial charge in [0, 0.05) is 0 Å². The van der Waals surface area contributed by atoms with Crippen LogP contribution in [0.3, 0.4) is 0 Å². The molecule has 1 atom stereocenters. The average molecular weight is 373 g/mol. The molecule has 1 saturated heterocycles. The minimum atomic E-state index is -0.0393. The third-order valence-corrected chi connectivity index (χ3v) is 5.40. The molecule has 1 aromatic rings. The Kier molecular flexibility index (Phi) is 10.6. The molecule has 152 valence electrons. The third-order valence-electron chi connectivity index (χ3n) is 5.40. The van der Waals surface area contributed by atoms with Crippen molar-refractivity contribution in [1.82, 2.24) is 0 Å². The highest BCUT2D eigenvalue weighted by Gasteiger charge is 2.40. The SMILES string of the molecule is C/C=C/CCCCCCCCCCCCc1cccc(OCC2(C)CO2)c1. The average Bonchev–Trinajstić information content (AvgIpc) is 3.42. The van der Waals surface area contributed by atoms with Gasteiger partial charge in [0.05, 0.1) is 6.61 Å². The second-order valence-electron chi connectivity index (χ2n) is 8.32. The zero-order valence-electron chi connectivity index (χ0n) is 17.7. The van der Waals surface area contributed by atoms with Crippen molar-refractivity contribution in [2.45, 2.75) is 96.5 Å². The molecular formula is C25H40O2. The van der Waals surface area contributed by atoms with Crippen LogP contribution in [0.25, 0.3) is 0 Å². The minimum absolute atomic E-state index is 0.0393. The van der Waals surface area contributed by atoms with Crippen molar-refractivity contribution < 1.29 is 9.47 Å². The van der Waals surface area contributed by atoms with Gasteiger partial charge < -0.3 is 9.47 Å². The summed E-state index contributed by atoms with van der Waals surface area (Å²) in [5, 5.41) is 0. The first-order chi connectivity index (χ1) is 13.2. The van der Waals surface area contributed by atoms with Crippen molar-refractivity contribution >= 4 is 0 Å². The van der Waals surface area contributed by atoms with Crippen molar-refractivity contribution in [1.29, 1.82) is 0 Å². The van der Waals surface area contributed by atoms with E-state index in [9.17, 15) is 0 Å². The van der Waals surface area contributed by atoms with Gasteiger partial charge in [0.2, 0.25) is 0 Å². The van der Waals surface area contributed by atoms with Crippen molar-refractivity contribution in [3.63, 3.8) is 0 Å². The summed E-state index contributed by atoms with van der Waals surface area (Å²) in [5.74, 6) is 0.981. The van der Waals surface area contributed by atoms with Crippen LogP contribution in [-0.2, 0) is 11.2 Å². The Morgan fingerprint density at radius 2 is 1.59 bits per heavy atom. The Labute approximate surface area is 167 Å². The molecule has 0 aliphatic carbocycles. The smallest absolute Gasteiger partial charge is 0.123 e. The molecule has 27 heavy (non-hydrogen) atoms. The number of rotatable bonds is 16. The summed E-state index contributed by atoms with van der Waals surface area (Å²) >= 11 is 0. The van der Waals surface area contributed by atoms with Crippen LogP contribution in [0.5, 0.6) is 5.75 Å². The molecule has 2 heteroatoms. The van der Waals surface area contributed by atoms with Crippen molar-refractivity contribution in [3.8, 4) is 5.75 Å². The first-order valence-corrected chi connectivity index (χ1v) is 11.2. The number of aryl methyl sites for hydroxylation is 1. The summed E-state index contributed by atoms with van der Waals surface area (Å²) in [6.45, 7) is 5.69. The largest absolute Gasteiger partial charge is 0.490 e. The fraction of sp³-hybridized carbons (Fsp3) is 0.680.